The zero-order valence-electron chi connectivity index (χ0n) is 34.2. The molecule has 12 rings (SSSR count). The third kappa shape index (κ3) is 6.53. The number of hydrogen-bond acceptors (Lipinski definition) is 3. The molecule has 0 amide bonds. The summed E-state index contributed by atoms with van der Waals surface area (Å²) < 4.78 is 2.39. The lowest BCUT2D eigenvalue weighted by molar-refractivity contribution is 1.18. The molecular formula is C59H38N4. The highest BCUT2D eigenvalue weighted by atomic mass is 15.0. The van der Waals surface area contributed by atoms with Crippen LogP contribution in [0.1, 0.15) is 0 Å². The Kier molecular flexibility index (Phi) is 8.79. The third-order valence-corrected chi connectivity index (χ3v) is 12.1. The fraction of sp³-hybridized carbons (Fsp3) is 0. The van der Waals surface area contributed by atoms with Crippen molar-refractivity contribution in [1.29, 1.82) is 0 Å². The lowest BCUT2D eigenvalue weighted by atomic mass is 9.93. The highest BCUT2D eigenvalue weighted by molar-refractivity contribution is 6.20. The minimum atomic E-state index is 0.896. The van der Waals surface area contributed by atoms with Gasteiger partial charge in [0.1, 0.15) is 0 Å². The highest BCUT2D eigenvalue weighted by Gasteiger charge is 2.19. The maximum absolute atomic E-state index is 5.53. The Hall–Kier alpha value is -8.47. The Morgan fingerprint density at radius 2 is 0.778 bits per heavy atom. The van der Waals surface area contributed by atoms with Gasteiger partial charge < -0.3 is 4.57 Å². The molecule has 0 aliphatic rings. The summed E-state index contributed by atoms with van der Waals surface area (Å²) in [6, 6.07) is 81.4. The largest absolute Gasteiger partial charge is 0.309 e. The van der Waals surface area contributed by atoms with Crippen LogP contribution < -0.4 is 0 Å². The van der Waals surface area contributed by atoms with Gasteiger partial charge in [-0.05, 0) is 95.4 Å². The van der Waals surface area contributed by atoms with Crippen LogP contribution in [-0.2, 0) is 0 Å². The van der Waals surface area contributed by atoms with Crippen LogP contribution in [0.2, 0.25) is 0 Å². The maximum Gasteiger partial charge on any atom is 0.0788 e. The van der Waals surface area contributed by atoms with Crippen LogP contribution >= 0.6 is 0 Å². The summed E-state index contributed by atoms with van der Waals surface area (Å²) in [6.07, 6.45) is 0. The van der Waals surface area contributed by atoms with E-state index in [0.717, 1.165) is 94.8 Å². The summed E-state index contributed by atoms with van der Waals surface area (Å²) in [4.78, 5) is 16.0. The molecule has 0 bridgehead atoms. The van der Waals surface area contributed by atoms with E-state index in [1.54, 1.807) is 0 Å². The van der Waals surface area contributed by atoms with Crippen molar-refractivity contribution < 1.29 is 0 Å². The molecule has 4 heteroatoms. The Bertz CT molecular complexity index is 3550. The molecule has 0 atom stereocenters. The van der Waals surface area contributed by atoms with Gasteiger partial charge in [-0.3, -0.25) is 0 Å². The normalized spacial score (nSPS) is 11.5. The first kappa shape index (κ1) is 36.4. The van der Waals surface area contributed by atoms with Crippen LogP contribution in [0.25, 0.3) is 117 Å². The molecule has 0 spiro atoms. The van der Waals surface area contributed by atoms with Gasteiger partial charge in [0.2, 0.25) is 0 Å². The molecule has 0 N–H and O–H groups in total. The molecule has 0 saturated heterocycles. The summed E-state index contributed by atoms with van der Waals surface area (Å²) in [5, 5.41) is 5.82. The van der Waals surface area contributed by atoms with E-state index in [1.807, 2.05) is 12.1 Å². The third-order valence-electron chi connectivity index (χ3n) is 12.1. The monoisotopic (exact) mass is 802 g/mol. The number of nitrogens with zero attached hydrogens (tertiary/aromatic N) is 4. The SMILES string of the molecule is c1ccc(-c2cccc(-c3cc(-c4ccc5c(c4)nc(-c4ccccc4)c4cc6c7ccccc7n(-c7ccccc7)c6cc45)cc(-c4cccc(-c5ccccc5)n4)c3)n2)cc1. The summed E-state index contributed by atoms with van der Waals surface area (Å²) in [7, 11) is 0. The molecule has 4 heterocycles. The Balaban J connectivity index is 1.08. The zero-order valence-corrected chi connectivity index (χ0v) is 34.2. The number of hydrogen-bond donors (Lipinski definition) is 0. The molecule has 0 saturated carbocycles. The topological polar surface area (TPSA) is 43.6 Å². The predicted octanol–water partition coefficient (Wildman–Crippen LogP) is 15.3. The predicted molar refractivity (Wildman–Crippen MR) is 262 cm³/mol. The lowest BCUT2D eigenvalue weighted by Crippen LogP contribution is -1.95. The number of benzene rings is 8. The van der Waals surface area contributed by atoms with Crippen molar-refractivity contribution in [3.63, 3.8) is 0 Å². The van der Waals surface area contributed by atoms with Gasteiger partial charge in [-0.25, -0.2) is 15.0 Å². The fourth-order valence-electron chi connectivity index (χ4n) is 9.14. The molecule has 0 aliphatic carbocycles. The Morgan fingerprint density at radius 3 is 1.40 bits per heavy atom. The molecule has 294 valence electrons. The molecule has 0 unspecified atom stereocenters. The van der Waals surface area contributed by atoms with E-state index < -0.39 is 0 Å². The van der Waals surface area contributed by atoms with Crippen LogP contribution in [0, 0.1) is 0 Å². The van der Waals surface area contributed by atoms with E-state index >= 15 is 0 Å². The van der Waals surface area contributed by atoms with Crippen molar-refractivity contribution >= 4 is 43.5 Å². The van der Waals surface area contributed by atoms with Crippen molar-refractivity contribution in [2.75, 3.05) is 0 Å². The molecule has 63 heavy (non-hydrogen) atoms. The first-order valence-electron chi connectivity index (χ1n) is 21.3. The van der Waals surface area contributed by atoms with E-state index in [1.165, 1.54) is 21.8 Å². The summed E-state index contributed by atoms with van der Waals surface area (Å²) in [6.45, 7) is 0. The van der Waals surface area contributed by atoms with Crippen LogP contribution in [0.4, 0.5) is 0 Å². The second kappa shape index (κ2) is 15.2. The second-order valence-corrected chi connectivity index (χ2v) is 16.0. The number of pyridine rings is 3. The van der Waals surface area contributed by atoms with Crippen LogP contribution in [-0.4, -0.2) is 19.5 Å². The minimum absolute atomic E-state index is 0.896. The van der Waals surface area contributed by atoms with Gasteiger partial charge in [-0.2, -0.15) is 0 Å². The Morgan fingerprint density at radius 1 is 0.254 bits per heavy atom. The first-order valence-corrected chi connectivity index (χ1v) is 21.3. The van der Waals surface area contributed by atoms with Crippen molar-refractivity contribution in [2.45, 2.75) is 0 Å². The van der Waals surface area contributed by atoms with E-state index in [0.29, 0.717) is 0 Å². The molecule has 4 nitrogen and oxygen atoms in total. The number of fused-ring (bicyclic) bond motifs is 6. The summed E-state index contributed by atoms with van der Waals surface area (Å²) >= 11 is 0. The zero-order chi connectivity index (χ0) is 41.7. The van der Waals surface area contributed by atoms with Crippen LogP contribution in [0.3, 0.4) is 0 Å². The van der Waals surface area contributed by atoms with Crippen molar-refractivity contribution in [3.8, 4) is 73.1 Å². The van der Waals surface area contributed by atoms with E-state index in [2.05, 4.69) is 223 Å². The molecule has 8 aromatic carbocycles. The number of rotatable bonds is 7. The van der Waals surface area contributed by atoms with E-state index in [9.17, 15) is 0 Å². The standard InChI is InChI=1S/C59H38N4/c1-5-17-39(18-6-1)52-26-15-28-54(60-52)44-33-43(34-45(35-44)55-29-16-27-53(61-55)40-19-7-2-8-20-40)42-31-32-47-49-38-58-50(37-51(49)59(62-56(47)36-42)41-21-9-3-10-22-41)48-25-13-14-30-57(48)63(58)46-23-11-4-12-24-46/h1-38H. The number of para-hydroxylation sites is 2. The van der Waals surface area contributed by atoms with Gasteiger partial charge >= 0.3 is 0 Å². The smallest absolute Gasteiger partial charge is 0.0788 e. The van der Waals surface area contributed by atoms with Gasteiger partial charge in [0.05, 0.1) is 45.0 Å². The summed E-state index contributed by atoms with van der Waals surface area (Å²) in [5.41, 5.74) is 16.4. The van der Waals surface area contributed by atoms with Crippen molar-refractivity contribution in [2.24, 2.45) is 0 Å². The first-order chi connectivity index (χ1) is 31.2. The van der Waals surface area contributed by atoms with E-state index in [4.69, 9.17) is 15.0 Å². The average Bonchev–Trinajstić information content (AvgIpc) is 3.69. The Labute approximate surface area is 365 Å². The van der Waals surface area contributed by atoms with Gasteiger partial charge in [-0.1, -0.05) is 152 Å². The summed E-state index contributed by atoms with van der Waals surface area (Å²) in [5.74, 6) is 0. The maximum atomic E-state index is 5.53. The van der Waals surface area contributed by atoms with E-state index in [-0.39, 0.29) is 0 Å². The van der Waals surface area contributed by atoms with Crippen LogP contribution in [0.15, 0.2) is 231 Å². The molecule has 0 radical (unpaired) electrons. The van der Waals surface area contributed by atoms with Gasteiger partial charge in [0.25, 0.3) is 0 Å². The van der Waals surface area contributed by atoms with Crippen molar-refractivity contribution in [1.82, 2.24) is 19.5 Å². The molecule has 0 fully saturated rings. The molecular weight excluding hydrogens is 765 g/mol. The average molecular weight is 803 g/mol. The van der Waals surface area contributed by atoms with Gasteiger partial charge in [-0.15, -0.1) is 0 Å². The molecule has 0 aliphatic heterocycles. The molecule has 12 aromatic rings. The number of aromatic nitrogens is 4. The van der Waals surface area contributed by atoms with Gasteiger partial charge in [0, 0.05) is 55.0 Å². The van der Waals surface area contributed by atoms with Crippen LogP contribution in [0.5, 0.6) is 0 Å². The molecule has 4 aromatic heterocycles. The van der Waals surface area contributed by atoms with Crippen molar-refractivity contribution in [3.05, 3.63) is 231 Å². The quantitative estimate of drug-likeness (QED) is 0.151. The lowest BCUT2D eigenvalue weighted by Gasteiger charge is -2.15. The second-order valence-electron chi connectivity index (χ2n) is 16.0. The van der Waals surface area contributed by atoms with Gasteiger partial charge in [0.15, 0.2) is 0 Å². The fourth-order valence-corrected chi connectivity index (χ4v) is 9.14. The minimum Gasteiger partial charge on any atom is -0.309 e. The highest BCUT2D eigenvalue weighted by Crippen LogP contribution is 2.41.